The molecule has 86 valence electrons. The minimum atomic E-state index is 0.987. The predicted octanol–water partition coefficient (Wildman–Crippen LogP) is 4.19. The van der Waals surface area contributed by atoms with Gasteiger partial charge in [-0.3, -0.25) is 0 Å². The Morgan fingerprint density at radius 1 is 1.07 bits per heavy atom. The van der Waals surface area contributed by atoms with Gasteiger partial charge in [-0.2, -0.15) is 0 Å². The van der Waals surface area contributed by atoms with Crippen molar-refractivity contribution in [2.75, 3.05) is 6.54 Å². The summed E-state index contributed by atoms with van der Waals surface area (Å²) in [4.78, 5) is 0. The van der Waals surface area contributed by atoms with E-state index in [4.69, 9.17) is 0 Å². The van der Waals surface area contributed by atoms with Crippen LogP contribution in [0.15, 0.2) is 36.6 Å². The molecule has 15 heavy (non-hydrogen) atoms. The lowest BCUT2D eigenvalue weighted by molar-refractivity contribution is 0.640. The van der Waals surface area contributed by atoms with Gasteiger partial charge in [-0.15, -0.1) is 0 Å². The van der Waals surface area contributed by atoms with Crippen molar-refractivity contribution in [3.8, 4) is 0 Å². The summed E-state index contributed by atoms with van der Waals surface area (Å²) in [5.74, 6) is 0. The van der Waals surface area contributed by atoms with Gasteiger partial charge in [0, 0.05) is 12.2 Å². The van der Waals surface area contributed by atoms with Crippen molar-refractivity contribution in [2.24, 2.45) is 0 Å². The average molecular weight is 207 g/mol. The molecule has 0 radical (unpaired) electrons. The molecule has 0 amide bonds. The lowest BCUT2D eigenvalue weighted by Crippen LogP contribution is -2.12. The van der Waals surface area contributed by atoms with Gasteiger partial charge in [-0.25, -0.2) is 0 Å². The van der Waals surface area contributed by atoms with E-state index >= 15 is 0 Å². The molecule has 0 atom stereocenters. The zero-order chi connectivity index (χ0) is 11.5. The van der Waals surface area contributed by atoms with Crippen LogP contribution in [0.1, 0.15) is 46.0 Å². The van der Waals surface area contributed by atoms with Gasteiger partial charge in [0.05, 0.1) is 0 Å². The third-order valence-electron chi connectivity index (χ3n) is 2.36. The smallest absolute Gasteiger partial charge is 0.0267 e. The van der Waals surface area contributed by atoms with E-state index in [0.29, 0.717) is 0 Å². The summed E-state index contributed by atoms with van der Waals surface area (Å²) in [7, 11) is 0. The van der Waals surface area contributed by atoms with E-state index in [1.165, 1.54) is 25.7 Å². The third kappa shape index (κ3) is 9.33. The first-order chi connectivity index (χ1) is 7.20. The first kappa shape index (κ1) is 14.0. The normalized spacial score (nSPS) is 10.5. The van der Waals surface area contributed by atoms with Gasteiger partial charge in [0.25, 0.3) is 0 Å². The van der Waals surface area contributed by atoms with Crippen LogP contribution in [0.5, 0.6) is 0 Å². The summed E-state index contributed by atoms with van der Waals surface area (Å²) < 4.78 is 0. The molecule has 0 bridgehead atoms. The Balaban J connectivity index is 3.49. The van der Waals surface area contributed by atoms with Gasteiger partial charge in [0.2, 0.25) is 0 Å². The molecule has 0 aromatic heterocycles. The number of unbranched alkanes of at least 4 members (excludes halogenated alkanes) is 3. The van der Waals surface area contributed by atoms with Crippen LogP contribution in [0, 0.1) is 0 Å². The van der Waals surface area contributed by atoms with Crippen molar-refractivity contribution in [3.05, 3.63) is 36.6 Å². The van der Waals surface area contributed by atoms with E-state index < -0.39 is 0 Å². The molecule has 0 aliphatic rings. The Hall–Kier alpha value is -0.980. The van der Waals surface area contributed by atoms with Crippen LogP contribution < -0.4 is 5.32 Å². The summed E-state index contributed by atoms with van der Waals surface area (Å²) in [6, 6.07) is 0. The van der Waals surface area contributed by atoms with Crippen molar-refractivity contribution >= 4 is 0 Å². The maximum atomic E-state index is 3.94. The average Bonchev–Trinajstić information content (AvgIpc) is 2.25. The number of hydrogen-bond acceptors (Lipinski definition) is 1. The monoisotopic (exact) mass is 207 g/mol. The van der Waals surface area contributed by atoms with Crippen LogP contribution in [0.4, 0.5) is 0 Å². The Morgan fingerprint density at radius 2 is 1.80 bits per heavy atom. The second-order valence-electron chi connectivity index (χ2n) is 3.86. The van der Waals surface area contributed by atoms with Gasteiger partial charge in [0.1, 0.15) is 0 Å². The molecule has 0 rings (SSSR count). The molecule has 0 aliphatic heterocycles. The van der Waals surface area contributed by atoms with Crippen LogP contribution in [0.25, 0.3) is 0 Å². The van der Waals surface area contributed by atoms with Crippen molar-refractivity contribution in [3.63, 3.8) is 0 Å². The number of nitrogens with one attached hydrogen (secondary N) is 1. The van der Waals surface area contributed by atoms with Crippen LogP contribution in [0.2, 0.25) is 0 Å². The lowest BCUT2D eigenvalue weighted by Gasteiger charge is -2.05. The molecular formula is C14H25N. The molecule has 0 saturated carbocycles. The van der Waals surface area contributed by atoms with E-state index in [0.717, 1.165) is 24.2 Å². The standard InChI is InChI=1S/C14H25N/c1-5-7-8-9-12-15-14(4)11-10-13(3)6-2/h10-11,15H,3-9,12H2,1-2H3/b11-10-. The molecule has 0 saturated heterocycles. The van der Waals surface area contributed by atoms with Crippen molar-refractivity contribution in [1.29, 1.82) is 0 Å². The van der Waals surface area contributed by atoms with Gasteiger partial charge >= 0.3 is 0 Å². The molecule has 0 unspecified atom stereocenters. The first-order valence-electron chi connectivity index (χ1n) is 5.99. The molecular weight excluding hydrogens is 182 g/mol. The highest BCUT2D eigenvalue weighted by molar-refractivity contribution is 5.22. The van der Waals surface area contributed by atoms with E-state index in [2.05, 4.69) is 32.3 Å². The van der Waals surface area contributed by atoms with E-state index in [-0.39, 0.29) is 0 Å². The van der Waals surface area contributed by atoms with Gasteiger partial charge in [0.15, 0.2) is 0 Å². The van der Waals surface area contributed by atoms with E-state index in [1.54, 1.807) is 0 Å². The van der Waals surface area contributed by atoms with Gasteiger partial charge in [-0.05, 0) is 18.9 Å². The van der Waals surface area contributed by atoms with Gasteiger partial charge in [-0.1, -0.05) is 57.9 Å². The van der Waals surface area contributed by atoms with Crippen LogP contribution in [-0.4, -0.2) is 6.54 Å². The highest BCUT2D eigenvalue weighted by atomic mass is 14.9. The molecule has 1 heteroatoms. The van der Waals surface area contributed by atoms with Crippen molar-refractivity contribution in [2.45, 2.75) is 46.0 Å². The third-order valence-corrected chi connectivity index (χ3v) is 2.36. The fourth-order valence-electron chi connectivity index (χ4n) is 1.20. The van der Waals surface area contributed by atoms with E-state index in [1.807, 2.05) is 12.2 Å². The quantitative estimate of drug-likeness (QED) is 0.441. The molecule has 0 fully saturated rings. The Kier molecular flexibility index (Phi) is 8.95. The van der Waals surface area contributed by atoms with Crippen molar-refractivity contribution < 1.29 is 0 Å². The van der Waals surface area contributed by atoms with E-state index in [9.17, 15) is 0 Å². The number of rotatable bonds is 9. The number of allylic oxidation sites excluding steroid dienone is 3. The zero-order valence-corrected chi connectivity index (χ0v) is 10.3. The summed E-state index contributed by atoms with van der Waals surface area (Å²) in [5.41, 5.74) is 2.13. The Morgan fingerprint density at radius 3 is 2.40 bits per heavy atom. The topological polar surface area (TPSA) is 12.0 Å². The summed E-state index contributed by atoms with van der Waals surface area (Å²) in [6.07, 6.45) is 10.2. The van der Waals surface area contributed by atoms with Gasteiger partial charge < -0.3 is 5.32 Å². The predicted molar refractivity (Wildman–Crippen MR) is 69.9 cm³/mol. The largest absolute Gasteiger partial charge is 0.386 e. The number of hydrogen-bond donors (Lipinski definition) is 1. The van der Waals surface area contributed by atoms with Crippen molar-refractivity contribution in [1.82, 2.24) is 5.32 Å². The molecule has 0 aromatic carbocycles. The molecule has 1 nitrogen and oxygen atoms in total. The SMILES string of the molecule is C=C(/C=C\C(=C)NCCCCCC)CC. The second-order valence-corrected chi connectivity index (χ2v) is 3.86. The minimum absolute atomic E-state index is 0.987. The molecule has 0 aliphatic carbocycles. The zero-order valence-electron chi connectivity index (χ0n) is 10.3. The summed E-state index contributed by atoms with van der Waals surface area (Å²) in [5, 5.41) is 3.30. The molecule has 0 heterocycles. The fourth-order valence-corrected chi connectivity index (χ4v) is 1.20. The van der Waals surface area contributed by atoms with Crippen LogP contribution in [0.3, 0.4) is 0 Å². The first-order valence-corrected chi connectivity index (χ1v) is 5.99. The van der Waals surface area contributed by atoms with Crippen LogP contribution in [-0.2, 0) is 0 Å². The maximum absolute atomic E-state index is 3.94. The summed E-state index contributed by atoms with van der Waals surface area (Å²) >= 11 is 0. The summed E-state index contributed by atoms with van der Waals surface area (Å²) in [6.45, 7) is 13.2. The molecule has 0 aromatic rings. The maximum Gasteiger partial charge on any atom is 0.0267 e. The highest BCUT2D eigenvalue weighted by Crippen LogP contribution is 2.01. The van der Waals surface area contributed by atoms with Crippen LogP contribution >= 0.6 is 0 Å². The Labute approximate surface area is 95.0 Å². The highest BCUT2D eigenvalue weighted by Gasteiger charge is 1.89. The molecule has 0 spiro atoms. The second kappa shape index (κ2) is 9.57. The fraction of sp³-hybridized carbons (Fsp3) is 0.571. The Bertz CT molecular complexity index is 213. The lowest BCUT2D eigenvalue weighted by atomic mass is 10.2. The minimum Gasteiger partial charge on any atom is -0.386 e. The molecule has 1 N–H and O–H groups in total.